The molecule has 0 fully saturated rings. The Labute approximate surface area is 294 Å². The van der Waals surface area contributed by atoms with Gasteiger partial charge in [0.1, 0.15) is 11.8 Å². The highest BCUT2D eigenvalue weighted by molar-refractivity contribution is 5.92. The molecule has 1 aromatic heterocycles. The van der Waals surface area contributed by atoms with Crippen LogP contribution in [0.4, 0.5) is 5.69 Å². The Morgan fingerprint density at radius 2 is 1.51 bits per heavy atom. The van der Waals surface area contributed by atoms with Gasteiger partial charge < -0.3 is 37.9 Å². The lowest BCUT2D eigenvalue weighted by molar-refractivity contribution is -0.129. The molecule has 1 unspecified atom stereocenters. The lowest BCUT2D eigenvalue weighted by Gasteiger charge is -2.22. The van der Waals surface area contributed by atoms with Crippen LogP contribution in [-0.4, -0.2) is 61.7 Å². The maximum Gasteiger partial charge on any atom is 0.242 e. The number of hydrogen-bond donors (Lipinski definition) is 6. The van der Waals surface area contributed by atoms with Gasteiger partial charge in [-0.05, 0) is 77.1 Å². The summed E-state index contributed by atoms with van der Waals surface area (Å²) in [6.45, 7) is 10.2. The predicted molar refractivity (Wildman–Crippen MR) is 197 cm³/mol. The Bertz CT molecular complexity index is 1120. The van der Waals surface area contributed by atoms with Crippen molar-refractivity contribution in [2.45, 2.75) is 103 Å². The van der Waals surface area contributed by atoms with E-state index < -0.39 is 12.1 Å². The van der Waals surface area contributed by atoms with Gasteiger partial charge in [0.15, 0.2) is 0 Å². The van der Waals surface area contributed by atoms with Gasteiger partial charge >= 0.3 is 0 Å². The number of fused-ring (bicyclic) bond motifs is 1. The normalized spacial score (nSPS) is 12.6. The summed E-state index contributed by atoms with van der Waals surface area (Å²) in [4.78, 5) is 30.5. The highest BCUT2D eigenvalue weighted by Crippen LogP contribution is 2.31. The standard InChI is InChI=1S/C31H53N7O3.4ClH/c1-21(36-26-20-23(41-5)19-22-14-15-27(31(2,3)4)38-28(22)26)11-10-18-35-30(40)25(13-7-9-17-33)37-29(39)24(34)12-6-8-16-32;;;;/h14-15,19-21,24-25,36H,6-13,16-18,32-34H2,1-5H3,(H,35,40)(H,37,39);4*1H/t21?,24-,25-;;;;/m1..../s1. The topological polar surface area (TPSA) is 170 Å². The average Bonchev–Trinajstić information content (AvgIpc) is 2.93. The Kier molecular flexibility index (Phi) is 25.8. The number of nitrogens with one attached hydrogen (secondary N) is 3. The minimum absolute atomic E-state index is 0. The van der Waals surface area contributed by atoms with Gasteiger partial charge in [0.25, 0.3) is 0 Å². The number of rotatable bonds is 18. The summed E-state index contributed by atoms with van der Waals surface area (Å²) in [5.41, 5.74) is 20.0. The fraction of sp³-hybridized carbons (Fsp3) is 0.645. The number of benzene rings is 1. The summed E-state index contributed by atoms with van der Waals surface area (Å²) in [6.07, 6.45) is 5.79. The zero-order chi connectivity index (χ0) is 30.4. The van der Waals surface area contributed by atoms with Crippen LogP contribution >= 0.6 is 49.6 Å². The van der Waals surface area contributed by atoms with E-state index in [1.54, 1.807) is 7.11 Å². The number of nitrogens with two attached hydrogens (primary N) is 3. The first kappa shape index (κ1) is 47.6. The van der Waals surface area contributed by atoms with Crippen molar-refractivity contribution in [1.82, 2.24) is 15.6 Å². The number of nitrogens with zero attached hydrogens (tertiary/aromatic N) is 1. The monoisotopic (exact) mass is 715 g/mol. The molecule has 0 aliphatic rings. The van der Waals surface area contributed by atoms with E-state index in [2.05, 4.69) is 55.8 Å². The number of carbonyl (C=O) groups is 2. The van der Waals surface area contributed by atoms with E-state index in [1.165, 1.54) is 0 Å². The van der Waals surface area contributed by atoms with E-state index in [0.29, 0.717) is 32.5 Å². The maximum absolute atomic E-state index is 13.0. The molecule has 14 heteroatoms. The molecule has 3 atom stereocenters. The van der Waals surface area contributed by atoms with Gasteiger partial charge in [-0.3, -0.25) is 14.6 Å². The molecule has 0 saturated carbocycles. The molecule has 9 N–H and O–H groups in total. The molecule has 0 saturated heterocycles. The zero-order valence-corrected chi connectivity index (χ0v) is 30.6. The highest BCUT2D eigenvalue weighted by atomic mass is 35.5. The van der Waals surface area contributed by atoms with Crippen LogP contribution in [0, 0.1) is 0 Å². The number of halogens is 4. The second-order valence-electron chi connectivity index (χ2n) is 11.9. The number of hydrogen-bond acceptors (Lipinski definition) is 8. The minimum Gasteiger partial charge on any atom is -0.497 e. The Morgan fingerprint density at radius 1 is 0.889 bits per heavy atom. The van der Waals surface area contributed by atoms with Crippen molar-refractivity contribution in [2.24, 2.45) is 17.2 Å². The molecule has 262 valence electrons. The molecule has 10 nitrogen and oxygen atoms in total. The first-order valence-corrected chi connectivity index (χ1v) is 15.0. The highest BCUT2D eigenvalue weighted by Gasteiger charge is 2.23. The van der Waals surface area contributed by atoms with Crippen LogP contribution in [0.3, 0.4) is 0 Å². The minimum atomic E-state index is -0.653. The van der Waals surface area contributed by atoms with Gasteiger partial charge in [0, 0.05) is 35.1 Å². The SMILES string of the molecule is COc1cc(NC(C)CCCNC(=O)[C@@H](CCCCN)NC(=O)[C@H](N)CCCCN)c2nc(C(C)(C)C)ccc2c1.Cl.Cl.Cl.Cl. The molecule has 2 rings (SSSR count). The summed E-state index contributed by atoms with van der Waals surface area (Å²) < 4.78 is 5.53. The molecule has 2 amide bonds. The van der Waals surface area contributed by atoms with Crippen LogP contribution < -0.4 is 37.9 Å². The Balaban J connectivity index is -0.00000441. The van der Waals surface area contributed by atoms with E-state index in [0.717, 1.165) is 66.6 Å². The van der Waals surface area contributed by atoms with Crippen LogP contribution in [0.5, 0.6) is 5.75 Å². The predicted octanol–water partition coefficient (Wildman–Crippen LogP) is 5.00. The smallest absolute Gasteiger partial charge is 0.242 e. The summed E-state index contributed by atoms with van der Waals surface area (Å²) in [7, 11) is 1.66. The number of ether oxygens (including phenoxy) is 1. The van der Waals surface area contributed by atoms with Crippen molar-refractivity contribution >= 4 is 78.0 Å². The van der Waals surface area contributed by atoms with E-state index in [1.807, 2.05) is 12.1 Å². The number of unbranched alkanes of at least 4 members (excludes halogenated alkanes) is 2. The van der Waals surface area contributed by atoms with Gasteiger partial charge in [-0.2, -0.15) is 0 Å². The van der Waals surface area contributed by atoms with Crippen LogP contribution in [0.25, 0.3) is 10.9 Å². The van der Waals surface area contributed by atoms with Gasteiger partial charge in [-0.25, -0.2) is 0 Å². The number of aromatic nitrogens is 1. The Morgan fingerprint density at radius 3 is 2.09 bits per heavy atom. The average molecular weight is 718 g/mol. The molecule has 0 spiro atoms. The van der Waals surface area contributed by atoms with E-state index in [4.69, 9.17) is 26.9 Å². The third-order valence-corrected chi connectivity index (χ3v) is 7.17. The summed E-state index contributed by atoms with van der Waals surface area (Å²) in [6, 6.07) is 6.99. The summed E-state index contributed by atoms with van der Waals surface area (Å²) in [5, 5.41) is 10.5. The van der Waals surface area contributed by atoms with Crippen molar-refractivity contribution < 1.29 is 14.3 Å². The second kappa shape index (κ2) is 24.4. The number of carbonyl (C=O) groups excluding carboxylic acids is 2. The molecule has 0 aliphatic carbocycles. The molecule has 1 heterocycles. The first-order valence-electron chi connectivity index (χ1n) is 15.0. The summed E-state index contributed by atoms with van der Waals surface area (Å²) in [5.74, 6) is 0.274. The summed E-state index contributed by atoms with van der Waals surface area (Å²) >= 11 is 0. The lowest BCUT2D eigenvalue weighted by atomic mass is 9.91. The van der Waals surface area contributed by atoms with Crippen molar-refractivity contribution in [2.75, 3.05) is 32.1 Å². The van der Waals surface area contributed by atoms with Gasteiger partial charge in [0.2, 0.25) is 11.8 Å². The number of methoxy groups -OCH3 is 1. The van der Waals surface area contributed by atoms with Gasteiger partial charge in [0.05, 0.1) is 24.4 Å². The largest absolute Gasteiger partial charge is 0.497 e. The molecule has 0 aliphatic heterocycles. The number of anilines is 1. The third-order valence-electron chi connectivity index (χ3n) is 7.17. The molecule has 45 heavy (non-hydrogen) atoms. The van der Waals surface area contributed by atoms with Gasteiger partial charge in [-0.15, -0.1) is 49.6 Å². The van der Waals surface area contributed by atoms with E-state index in [-0.39, 0.29) is 72.9 Å². The van der Waals surface area contributed by atoms with Crippen LogP contribution in [0.2, 0.25) is 0 Å². The quantitative estimate of drug-likeness (QED) is 0.117. The van der Waals surface area contributed by atoms with E-state index in [9.17, 15) is 9.59 Å². The molecular formula is C31H57Cl4N7O3. The number of amides is 2. The zero-order valence-electron chi connectivity index (χ0n) is 27.4. The van der Waals surface area contributed by atoms with Crippen molar-refractivity contribution in [3.05, 3.63) is 30.0 Å². The third kappa shape index (κ3) is 16.6. The van der Waals surface area contributed by atoms with Crippen LogP contribution in [0.15, 0.2) is 24.3 Å². The van der Waals surface area contributed by atoms with Crippen molar-refractivity contribution in [1.29, 1.82) is 0 Å². The van der Waals surface area contributed by atoms with Crippen molar-refractivity contribution in [3.63, 3.8) is 0 Å². The maximum atomic E-state index is 13.0. The van der Waals surface area contributed by atoms with Crippen LogP contribution in [-0.2, 0) is 15.0 Å². The second-order valence-corrected chi connectivity index (χ2v) is 11.9. The fourth-order valence-corrected chi connectivity index (χ4v) is 4.61. The van der Waals surface area contributed by atoms with Gasteiger partial charge in [-0.1, -0.05) is 33.3 Å². The van der Waals surface area contributed by atoms with Crippen LogP contribution in [0.1, 0.15) is 84.8 Å². The molecule has 1 aromatic carbocycles. The molecule has 0 bridgehead atoms. The Hall–Kier alpha value is -1.79. The first-order chi connectivity index (χ1) is 19.5. The van der Waals surface area contributed by atoms with Crippen molar-refractivity contribution in [3.8, 4) is 5.75 Å². The molecule has 2 aromatic rings. The molecular weight excluding hydrogens is 660 g/mol. The molecule has 0 radical (unpaired) electrons. The lowest BCUT2D eigenvalue weighted by Crippen LogP contribution is -2.51. The van der Waals surface area contributed by atoms with E-state index >= 15 is 0 Å². The fourth-order valence-electron chi connectivity index (χ4n) is 4.61. The number of pyridine rings is 1.